The van der Waals surface area contributed by atoms with Crippen molar-refractivity contribution in [2.24, 2.45) is 5.73 Å². The van der Waals surface area contributed by atoms with Gasteiger partial charge in [-0.25, -0.2) is 4.99 Å². The second-order valence-corrected chi connectivity index (χ2v) is 5.28. The summed E-state index contributed by atoms with van der Waals surface area (Å²) in [6.45, 7) is 0. The van der Waals surface area contributed by atoms with Crippen molar-refractivity contribution in [3.63, 3.8) is 0 Å². The molecule has 0 aliphatic carbocycles. The number of aryl methyl sites for hydroxylation is 1. The van der Waals surface area contributed by atoms with E-state index < -0.39 is 0 Å². The number of nitrogens with two attached hydrogens (primary N) is 1. The molecule has 0 saturated heterocycles. The number of benzene rings is 2. The Bertz CT molecular complexity index is 607. The number of hydrogen-bond donors (Lipinski definition) is 2. The summed E-state index contributed by atoms with van der Waals surface area (Å²) in [4.78, 5) is 3.04. The van der Waals surface area contributed by atoms with E-state index in [1.54, 1.807) is 0 Å². The minimum absolute atomic E-state index is 0. The zero-order chi connectivity index (χ0) is 14.9. The highest BCUT2D eigenvalue weighted by molar-refractivity contribution is 6.27. The Kier molecular flexibility index (Phi) is 8.34. The summed E-state index contributed by atoms with van der Waals surface area (Å²) in [7, 11) is 0. The Balaban J connectivity index is 0.00000242. The van der Waals surface area contributed by atoms with Crippen LogP contribution in [0.5, 0.6) is 0 Å². The second kappa shape index (κ2) is 10.0. The van der Waals surface area contributed by atoms with Gasteiger partial charge < -0.3 is 12.4 Å². The van der Waals surface area contributed by atoms with Crippen molar-refractivity contribution >= 4 is 17.4 Å². The lowest BCUT2D eigenvalue weighted by atomic mass is 10.1. The molecule has 0 unspecified atom stereocenters. The molecule has 0 heterocycles. The van der Waals surface area contributed by atoms with E-state index in [4.69, 9.17) is 17.3 Å². The molecule has 0 atom stereocenters. The molecule has 0 bridgehead atoms. The van der Waals surface area contributed by atoms with Crippen LogP contribution in [0.4, 0.5) is 0 Å². The molecule has 2 aromatic carbocycles. The van der Waals surface area contributed by atoms with Gasteiger partial charge in [0.05, 0.1) is 6.42 Å². The van der Waals surface area contributed by atoms with Crippen LogP contribution in [0.15, 0.2) is 71.9 Å². The quantitative estimate of drug-likeness (QED) is 0.413. The minimum Gasteiger partial charge on any atom is -1.00 e. The van der Waals surface area contributed by atoms with Gasteiger partial charge in [0.2, 0.25) is 5.84 Å². The lowest BCUT2D eigenvalue weighted by Gasteiger charge is -1.98. The van der Waals surface area contributed by atoms with Crippen molar-refractivity contribution in [3.05, 3.63) is 83.0 Å². The van der Waals surface area contributed by atoms with Gasteiger partial charge in [-0.3, -0.25) is 5.73 Å². The molecule has 3 N–H and O–H groups in total. The van der Waals surface area contributed by atoms with Crippen LogP contribution in [0.3, 0.4) is 0 Å². The van der Waals surface area contributed by atoms with Crippen molar-refractivity contribution in [3.8, 4) is 0 Å². The van der Waals surface area contributed by atoms with Crippen LogP contribution < -0.4 is 23.1 Å². The first-order valence-corrected chi connectivity index (χ1v) is 7.43. The maximum absolute atomic E-state index is 6.16. The highest BCUT2D eigenvalue weighted by atomic mass is 35.5. The Hall–Kier alpha value is -1.77. The standard InChI is InChI=1S/C18H19ClN2.ClH/c19-17(13-11-15-7-3-1-4-8-15)21-18(20)14-12-16-9-5-2-6-10-16;/h1-10,13H,11-12,14H2,(H2,20,21);1H/b17-13-;. The zero-order valence-electron chi connectivity index (χ0n) is 12.3. The molecule has 0 saturated carbocycles. The van der Waals surface area contributed by atoms with Gasteiger partial charge in [-0.2, -0.15) is 0 Å². The smallest absolute Gasteiger partial charge is 0.246 e. The Labute approximate surface area is 143 Å². The van der Waals surface area contributed by atoms with Gasteiger partial charge in [0, 0.05) is 0 Å². The molecule has 2 nitrogen and oxygen atoms in total. The van der Waals surface area contributed by atoms with Crippen LogP contribution >= 0.6 is 11.6 Å². The summed E-state index contributed by atoms with van der Waals surface area (Å²) in [6.07, 6.45) is 4.40. The van der Waals surface area contributed by atoms with Crippen LogP contribution in [-0.4, -0.2) is 5.84 Å². The van der Waals surface area contributed by atoms with Gasteiger partial charge >= 0.3 is 0 Å². The van der Waals surface area contributed by atoms with Gasteiger partial charge in [0.1, 0.15) is 0 Å². The van der Waals surface area contributed by atoms with E-state index in [2.05, 4.69) is 29.3 Å². The summed E-state index contributed by atoms with van der Waals surface area (Å²) in [5, 5.41) is 0.574. The molecular formula is C18H20Cl2N2. The van der Waals surface area contributed by atoms with Gasteiger partial charge in [0.15, 0.2) is 5.16 Å². The van der Waals surface area contributed by atoms with Crippen molar-refractivity contribution in [1.82, 2.24) is 0 Å². The molecule has 0 amide bonds. The molecule has 22 heavy (non-hydrogen) atoms. The third kappa shape index (κ3) is 6.79. The Morgan fingerprint density at radius 3 is 2.09 bits per heavy atom. The summed E-state index contributed by atoms with van der Waals surface area (Å²) >= 11 is 6.16. The predicted octanol–water partition coefficient (Wildman–Crippen LogP) is -0.616. The van der Waals surface area contributed by atoms with E-state index in [1.165, 1.54) is 11.1 Å². The third-order valence-electron chi connectivity index (χ3n) is 3.17. The van der Waals surface area contributed by atoms with E-state index in [0.29, 0.717) is 11.0 Å². The van der Waals surface area contributed by atoms with Crippen LogP contribution in [-0.2, 0) is 12.8 Å². The number of halogens is 2. The molecule has 0 fully saturated rings. The SMILES string of the molecule is N/C(CCc1ccccc1)=[NH+]/C(Cl)=C\Cc1ccccc1.[Cl-]. The average molecular weight is 335 g/mol. The van der Waals surface area contributed by atoms with Crippen LogP contribution in [0, 0.1) is 0 Å². The molecule has 116 valence electrons. The summed E-state index contributed by atoms with van der Waals surface area (Å²) in [6, 6.07) is 20.5. The monoisotopic (exact) mass is 334 g/mol. The van der Waals surface area contributed by atoms with E-state index in [-0.39, 0.29) is 12.4 Å². The maximum Gasteiger partial charge on any atom is 0.246 e. The van der Waals surface area contributed by atoms with Crippen molar-refractivity contribution in [2.75, 3.05) is 0 Å². The molecule has 4 heteroatoms. The lowest BCUT2D eigenvalue weighted by Crippen LogP contribution is -3.00. The summed E-state index contributed by atoms with van der Waals surface area (Å²) in [5.74, 6) is 0.688. The number of rotatable bonds is 6. The van der Waals surface area contributed by atoms with E-state index >= 15 is 0 Å². The Morgan fingerprint density at radius 1 is 0.955 bits per heavy atom. The Morgan fingerprint density at radius 2 is 1.50 bits per heavy atom. The summed E-state index contributed by atoms with van der Waals surface area (Å²) in [5.41, 5.74) is 8.46. The second-order valence-electron chi connectivity index (χ2n) is 4.88. The fraction of sp³-hybridized carbons (Fsp3) is 0.167. The molecule has 0 aromatic heterocycles. The largest absolute Gasteiger partial charge is 1.00 e. The van der Waals surface area contributed by atoms with Crippen LogP contribution in [0.2, 0.25) is 0 Å². The number of amidine groups is 1. The fourth-order valence-corrected chi connectivity index (χ4v) is 2.21. The molecule has 2 aromatic rings. The first-order valence-electron chi connectivity index (χ1n) is 7.06. The van der Waals surface area contributed by atoms with E-state index in [0.717, 1.165) is 19.3 Å². The van der Waals surface area contributed by atoms with Gasteiger partial charge in [-0.15, -0.1) is 0 Å². The van der Waals surface area contributed by atoms with E-state index in [1.807, 2.05) is 42.5 Å². The molecule has 0 aliphatic heterocycles. The topological polar surface area (TPSA) is 40.0 Å². The molecule has 0 radical (unpaired) electrons. The summed E-state index contributed by atoms with van der Waals surface area (Å²) < 4.78 is 0. The molecule has 0 spiro atoms. The number of allylic oxidation sites excluding steroid dienone is 1. The van der Waals surface area contributed by atoms with Crippen molar-refractivity contribution in [1.29, 1.82) is 0 Å². The molecule has 2 rings (SSSR count). The first-order chi connectivity index (χ1) is 10.2. The fourth-order valence-electron chi connectivity index (χ4n) is 2.01. The highest BCUT2D eigenvalue weighted by Crippen LogP contribution is 2.03. The number of hydrogen-bond acceptors (Lipinski definition) is 0. The average Bonchev–Trinajstić information content (AvgIpc) is 2.53. The predicted molar refractivity (Wildman–Crippen MR) is 89.0 cm³/mol. The van der Waals surface area contributed by atoms with Gasteiger partial charge in [-0.05, 0) is 41.6 Å². The molecular weight excluding hydrogens is 315 g/mol. The highest BCUT2D eigenvalue weighted by Gasteiger charge is 2.02. The van der Waals surface area contributed by atoms with E-state index in [9.17, 15) is 0 Å². The van der Waals surface area contributed by atoms with Crippen molar-refractivity contribution < 1.29 is 17.4 Å². The lowest BCUT2D eigenvalue weighted by molar-refractivity contribution is -0.386. The van der Waals surface area contributed by atoms with Gasteiger partial charge in [-0.1, -0.05) is 60.7 Å². The minimum atomic E-state index is 0. The molecule has 0 aliphatic rings. The normalized spacial score (nSPS) is 11.9. The van der Waals surface area contributed by atoms with Crippen LogP contribution in [0.25, 0.3) is 0 Å². The van der Waals surface area contributed by atoms with Crippen molar-refractivity contribution in [2.45, 2.75) is 19.3 Å². The first kappa shape index (κ1) is 18.3. The number of nitrogens with one attached hydrogen (secondary N) is 1. The third-order valence-corrected chi connectivity index (χ3v) is 3.41. The van der Waals surface area contributed by atoms with Crippen LogP contribution in [0.1, 0.15) is 17.5 Å². The van der Waals surface area contributed by atoms with Gasteiger partial charge in [0.25, 0.3) is 0 Å². The zero-order valence-corrected chi connectivity index (χ0v) is 13.8. The maximum atomic E-state index is 6.16.